The lowest BCUT2D eigenvalue weighted by Gasteiger charge is -2.28. The van der Waals surface area contributed by atoms with E-state index < -0.39 is 0 Å². The summed E-state index contributed by atoms with van der Waals surface area (Å²) in [6, 6.07) is -0.184. The van der Waals surface area contributed by atoms with Crippen molar-refractivity contribution in [2.24, 2.45) is 5.92 Å². The highest BCUT2D eigenvalue weighted by Crippen LogP contribution is 2.21. The van der Waals surface area contributed by atoms with Crippen molar-refractivity contribution < 1.29 is 4.79 Å². The standard InChI is InChI=1S/C11H18N4OS/c1-6(2)9-14-11(17-15-9)13-8-7(3)4-5-12-10(8)16/h6-8H,4-5H2,1-3H3,(H,12,16)(H,13,14,15)/t7-,8-/m1/s1. The Morgan fingerprint density at radius 1 is 1.53 bits per heavy atom. The Hall–Kier alpha value is -1.17. The van der Waals surface area contributed by atoms with Crippen molar-refractivity contribution in [3.05, 3.63) is 5.82 Å². The number of nitrogens with one attached hydrogen (secondary N) is 2. The summed E-state index contributed by atoms with van der Waals surface area (Å²) < 4.78 is 4.27. The fraction of sp³-hybridized carbons (Fsp3) is 0.727. The maximum absolute atomic E-state index is 11.7. The molecule has 1 aromatic heterocycles. The van der Waals surface area contributed by atoms with Gasteiger partial charge in [-0.15, -0.1) is 0 Å². The molecule has 5 nitrogen and oxygen atoms in total. The third kappa shape index (κ3) is 2.74. The zero-order valence-electron chi connectivity index (χ0n) is 10.4. The number of hydrogen-bond acceptors (Lipinski definition) is 5. The van der Waals surface area contributed by atoms with Gasteiger partial charge in [0.2, 0.25) is 11.0 Å². The van der Waals surface area contributed by atoms with Gasteiger partial charge in [-0.2, -0.15) is 4.37 Å². The molecule has 0 spiro atoms. The molecule has 1 amide bonds. The Morgan fingerprint density at radius 3 is 2.88 bits per heavy atom. The Morgan fingerprint density at radius 2 is 2.29 bits per heavy atom. The molecule has 0 aromatic carbocycles. The van der Waals surface area contributed by atoms with E-state index in [0.717, 1.165) is 23.9 Å². The van der Waals surface area contributed by atoms with Gasteiger partial charge in [-0.05, 0) is 12.3 Å². The van der Waals surface area contributed by atoms with Crippen LogP contribution >= 0.6 is 11.5 Å². The lowest BCUT2D eigenvalue weighted by Crippen LogP contribution is -2.49. The van der Waals surface area contributed by atoms with E-state index in [-0.39, 0.29) is 11.9 Å². The van der Waals surface area contributed by atoms with Crippen LogP contribution in [0.3, 0.4) is 0 Å². The molecule has 1 aromatic rings. The van der Waals surface area contributed by atoms with Crippen molar-refractivity contribution in [1.29, 1.82) is 0 Å². The molecule has 2 N–H and O–H groups in total. The van der Waals surface area contributed by atoms with Crippen LogP contribution in [0.25, 0.3) is 0 Å². The molecular formula is C11H18N4OS. The van der Waals surface area contributed by atoms with Crippen molar-refractivity contribution in [2.45, 2.75) is 39.2 Å². The molecule has 0 saturated carbocycles. The molecule has 0 unspecified atom stereocenters. The number of aromatic nitrogens is 2. The summed E-state index contributed by atoms with van der Waals surface area (Å²) in [5.41, 5.74) is 0. The van der Waals surface area contributed by atoms with Gasteiger partial charge in [0.25, 0.3) is 0 Å². The quantitative estimate of drug-likeness (QED) is 0.859. The Kier molecular flexibility index (Phi) is 3.61. The number of carbonyl (C=O) groups is 1. The molecule has 0 aliphatic carbocycles. The van der Waals surface area contributed by atoms with E-state index in [0.29, 0.717) is 11.8 Å². The molecule has 2 atom stereocenters. The highest BCUT2D eigenvalue weighted by molar-refractivity contribution is 7.09. The van der Waals surface area contributed by atoms with Gasteiger partial charge < -0.3 is 10.6 Å². The number of carbonyl (C=O) groups excluding carboxylic acids is 1. The molecule has 17 heavy (non-hydrogen) atoms. The lowest BCUT2D eigenvalue weighted by molar-refractivity contribution is -0.124. The molecule has 6 heteroatoms. The van der Waals surface area contributed by atoms with Gasteiger partial charge in [-0.25, -0.2) is 4.98 Å². The van der Waals surface area contributed by atoms with Crippen molar-refractivity contribution >= 4 is 22.6 Å². The van der Waals surface area contributed by atoms with Gasteiger partial charge in [0.05, 0.1) is 0 Å². The molecule has 2 rings (SSSR count). The van der Waals surface area contributed by atoms with Crippen LogP contribution in [0.4, 0.5) is 5.13 Å². The van der Waals surface area contributed by atoms with Crippen LogP contribution in [0.5, 0.6) is 0 Å². The minimum Gasteiger partial charge on any atom is -0.354 e. The van der Waals surface area contributed by atoms with Crippen LogP contribution in [-0.4, -0.2) is 27.9 Å². The van der Waals surface area contributed by atoms with Crippen molar-refractivity contribution in [3.63, 3.8) is 0 Å². The maximum Gasteiger partial charge on any atom is 0.242 e. The van der Waals surface area contributed by atoms with Crippen molar-refractivity contribution in [2.75, 3.05) is 11.9 Å². The number of rotatable bonds is 3. The highest BCUT2D eigenvalue weighted by atomic mass is 32.1. The predicted molar refractivity (Wildman–Crippen MR) is 68.2 cm³/mol. The third-order valence-corrected chi connectivity index (χ3v) is 3.65. The molecule has 0 bridgehead atoms. The van der Waals surface area contributed by atoms with Gasteiger partial charge in [0.1, 0.15) is 11.9 Å². The summed E-state index contributed by atoms with van der Waals surface area (Å²) in [6.45, 7) is 6.97. The summed E-state index contributed by atoms with van der Waals surface area (Å²) in [4.78, 5) is 16.1. The van der Waals surface area contributed by atoms with Gasteiger partial charge in [-0.3, -0.25) is 4.79 Å². The van der Waals surface area contributed by atoms with Crippen molar-refractivity contribution in [1.82, 2.24) is 14.7 Å². The first-order valence-corrected chi connectivity index (χ1v) is 6.73. The van der Waals surface area contributed by atoms with E-state index in [9.17, 15) is 4.79 Å². The molecule has 1 aliphatic heterocycles. The van der Waals surface area contributed by atoms with Crippen LogP contribution in [-0.2, 0) is 4.79 Å². The zero-order chi connectivity index (χ0) is 12.4. The van der Waals surface area contributed by atoms with Crippen LogP contribution in [0.2, 0.25) is 0 Å². The Labute approximate surface area is 105 Å². The minimum absolute atomic E-state index is 0.0602. The van der Waals surface area contributed by atoms with E-state index in [1.54, 1.807) is 0 Å². The Balaban J connectivity index is 2.05. The third-order valence-electron chi connectivity index (χ3n) is 2.99. The number of anilines is 1. The molecule has 2 heterocycles. The van der Waals surface area contributed by atoms with E-state index >= 15 is 0 Å². The second-order valence-corrected chi connectivity index (χ2v) is 5.54. The first-order valence-electron chi connectivity index (χ1n) is 5.95. The smallest absolute Gasteiger partial charge is 0.242 e. The normalized spacial score (nSPS) is 24.8. The summed E-state index contributed by atoms with van der Waals surface area (Å²) in [5, 5.41) is 6.79. The van der Waals surface area contributed by atoms with Crippen LogP contribution in [0.15, 0.2) is 0 Å². The lowest BCUT2D eigenvalue weighted by atomic mass is 9.94. The largest absolute Gasteiger partial charge is 0.354 e. The molecule has 0 radical (unpaired) electrons. The number of amides is 1. The van der Waals surface area contributed by atoms with Crippen molar-refractivity contribution in [3.8, 4) is 0 Å². The number of hydrogen-bond donors (Lipinski definition) is 2. The SMILES string of the molecule is CC(C)c1nsc(N[C@H]2C(=O)NCC[C@H]2C)n1. The Bertz CT molecular complexity index is 404. The second kappa shape index (κ2) is 5.00. The minimum atomic E-state index is -0.184. The van der Waals surface area contributed by atoms with Gasteiger partial charge in [-0.1, -0.05) is 20.8 Å². The maximum atomic E-state index is 11.7. The average molecular weight is 254 g/mol. The van der Waals surface area contributed by atoms with E-state index in [1.165, 1.54) is 11.5 Å². The highest BCUT2D eigenvalue weighted by Gasteiger charge is 2.29. The summed E-state index contributed by atoms with van der Waals surface area (Å²) in [6.07, 6.45) is 0.999. The first-order chi connectivity index (χ1) is 8.08. The summed E-state index contributed by atoms with van der Waals surface area (Å²) >= 11 is 1.32. The van der Waals surface area contributed by atoms with E-state index in [1.807, 2.05) is 0 Å². The van der Waals surface area contributed by atoms with Crippen LogP contribution in [0.1, 0.15) is 38.9 Å². The first kappa shape index (κ1) is 12.3. The number of piperidine rings is 1. The molecule has 1 aliphatic rings. The fourth-order valence-corrected chi connectivity index (χ4v) is 2.57. The molecule has 94 valence electrons. The summed E-state index contributed by atoms with van der Waals surface area (Å²) in [5.74, 6) is 1.54. The monoisotopic (exact) mass is 254 g/mol. The van der Waals surface area contributed by atoms with Gasteiger partial charge >= 0.3 is 0 Å². The van der Waals surface area contributed by atoms with Crippen LogP contribution < -0.4 is 10.6 Å². The predicted octanol–water partition coefficient (Wildman–Crippen LogP) is 1.60. The van der Waals surface area contributed by atoms with Crippen LogP contribution in [0, 0.1) is 5.92 Å². The molecular weight excluding hydrogens is 236 g/mol. The van der Waals surface area contributed by atoms with E-state index in [2.05, 4.69) is 40.8 Å². The molecule has 1 saturated heterocycles. The topological polar surface area (TPSA) is 66.9 Å². The summed E-state index contributed by atoms with van der Waals surface area (Å²) in [7, 11) is 0. The average Bonchev–Trinajstić information content (AvgIpc) is 2.72. The fourth-order valence-electron chi connectivity index (χ4n) is 1.83. The molecule has 1 fully saturated rings. The van der Waals surface area contributed by atoms with Gasteiger partial charge in [0.15, 0.2) is 0 Å². The van der Waals surface area contributed by atoms with E-state index in [4.69, 9.17) is 0 Å². The zero-order valence-corrected chi connectivity index (χ0v) is 11.2. The van der Waals surface area contributed by atoms with Gasteiger partial charge in [0, 0.05) is 24.0 Å². The second-order valence-electron chi connectivity index (χ2n) is 4.79. The number of nitrogens with zero attached hydrogens (tertiary/aromatic N) is 2.